The third kappa shape index (κ3) is 1.37. The van der Waals surface area contributed by atoms with Crippen molar-refractivity contribution in [2.75, 3.05) is 0 Å². The van der Waals surface area contributed by atoms with Gasteiger partial charge in [-0.05, 0) is 20.3 Å². The summed E-state index contributed by atoms with van der Waals surface area (Å²) in [7, 11) is 0. The normalized spacial score (nSPS) is 10.5. The SMILES string of the molecule is CCCn1nc(C)c(O)c1C. The Labute approximate surface area is 66.7 Å². The van der Waals surface area contributed by atoms with E-state index in [1.807, 2.05) is 18.5 Å². The highest BCUT2D eigenvalue weighted by Gasteiger charge is 2.07. The molecule has 0 atom stereocenters. The number of hydrogen-bond acceptors (Lipinski definition) is 2. The second-order valence-electron chi connectivity index (χ2n) is 2.74. The van der Waals surface area contributed by atoms with Gasteiger partial charge in [-0.1, -0.05) is 6.92 Å². The van der Waals surface area contributed by atoms with Crippen LogP contribution in [0.3, 0.4) is 0 Å². The van der Waals surface area contributed by atoms with E-state index in [1.54, 1.807) is 0 Å². The summed E-state index contributed by atoms with van der Waals surface area (Å²) in [4.78, 5) is 0. The molecule has 1 aromatic rings. The molecule has 1 heterocycles. The molecular weight excluding hydrogens is 140 g/mol. The van der Waals surface area contributed by atoms with Gasteiger partial charge in [-0.3, -0.25) is 4.68 Å². The summed E-state index contributed by atoms with van der Waals surface area (Å²) in [5.41, 5.74) is 1.58. The Morgan fingerprint density at radius 1 is 1.45 bits per heavy atom. The van der Waals surface area contributed by atoms with Crippen LogP contribution in [0, 0.1) is 13.8 Å². The summed E-state index contributed by atoms with van der Waals surface area (Å²) in [6, 6.07) is 0. The van der Waals surface area contributed by atoms with Crippen LogP contribution < -0.4 is 0 Å². The van der Waals surface area contributed by atoms with E-state index in [2.05, 4.69) is 12.0 Å². The molecule has 3 nitrogen and oxygen atoms in total. The van der Waals surface area contributed by atoms with Crippen molar-refractivity contribution in [1.82, 2.24) is 9.78 Å². The van der Waals surface area contributed by atoms with Crippen LogP contribution in [0.5, 0.6) is 5.75 Å². The number of aryl methyl sites for hydroxylation is 2. The van der Waals surface area contributed by atoms with Crippen LogP contribution >= 0.6 is 0 Å². The molecule has 11 heavy (non-hydrogen) atoms. The number of aromatic nitrogens is 2. The minimum absolute atomic E-state index is 0.332. The van der Waals surface area contributed by atoms with Crippen LogP contribution in [0.4, 0.5) is 0 Å². The number of aromatic hydroxyl groups is 1. The monoisotopic (exact) mass is 154 g/mol. The lowest BCUT2D eigenvalue weighted by atomic mass is 10.3. The van der Waals surface area contributed by atoms with Crippen LogP contribution in [-0.4, -0.2) is 14.9 Å². The number of nitrogens with zero attached hydrogens (tertiary/aromatic N) is 2. The molecule has 0 aliphatic carbocycles. The van der Waals surface area contributed by atoms with E-state index in [-0.39, 0.29) is 0 Å². The van der Waals surface area contributed by atoms with Gasteiger partial charge in [0.15, 0.2) is 5.75 Å². The fourth-order valence-corrected chi connectivity index (χ4v) is 1.12. The second-order valence-corrected chi connectivity index (χ2v) is 2.74. The molecule has 62 valence electrons. The van der Waals surface area contributed by atoms with Gasteiger partial charge in [0, 0.05) is 6.54 Å². The quantitative estimate of drug-likeness (QED) is 0.702. The lowest BCUT2D eigenvalue weighted by Crippen LogP contribution is -2.00. The summed E-state index contributed by atoms with van der Waals surface area (Å²) in [6.07, 6.45) is 1.04. The summed E-state index contributed by atoms with van der Waals surface area (Å²) in [5, 5.41) is 13.5. The van der Waals surface area contributed by atoms with E-state index in [0.717, 1.165) is 24.4 Å². The third-order valence-corrected chi connectivity index (χ3v) is 1.78. The predicted octanol–water partition coefficient (Wildman–Crippen LogP) is 1.62. The lowest BCUT2D eigenvalue weighted by molar-refractivity contribution is 0.464. The van der Waals surface area contributed by atoms with Gasteiger partial charge in [-0.15, -0.1) is 0 Å². The fraction of sp³-hybridized carbons (Fsp3) is 0.625. The molecule has 0 fully saturated rings. The highest BCUT2D eigenvalue weighted by Crippen LogP contribution is 2.19. The third-order valence-electron chi connectivity index (χ3n) is 1.78. The van der Waals surface area contributed by atoms with Crippen molar-refractivity contribution >= 4 is 0 Å². The zero-order valence-corrected chi connectivity index (χ0v) is 7.26. The maximum absolute atomic E-state index is 9.37. The molecular formula is C8H14N2O. The fourth-order valence-electron chi connectivity index (χ4n) is 1.12. The van der Waals surface area contributed by atoms with Crippen molar-refractivity contribution in [2.24, 2.45) is 0 Å². The van der Waals surface area contributed by atoms with Crippen molar-refractivity contribution in [1.29, 1.82) is 0 Å². The van der Waals surface area contributed by atoms with E-state index < -0.39 is 0 Å². The maximum Gasteiger partial charge on any atom is 0.159 e. The van der Waals surface area contributed by atoms with Crippen LogP contribution in [0.25, 0.3) is 0 Å². The summed E-state index contributed by atoms with van der Waals surface area (Å²) < 4.78 is 1.84. The molecule has 0 aliphatic heterocycles. The van der Waals surface area contributed by atoms with Gasteiger partial charge >= 0.3 is 0 Å². The van der Waals surface area contributed by atoms with Gasteiger partial charge < -0.3 is 5.11 Å². The Bertz CT molecular complexity index is 253. The van der Waals surface area contributed by atoms with Crippen molar-refractivity contribution in [2.45, 2.75) is 33.7 Å². The van der Waals surface area contributed by atoms with Crippen LogP contribution in [-0.2, 0) is 6.54 Å². The first-order chi connectivity index (χ1) is 5.16. The molecule has 0 bridgehead atoms. The Morgan fingerprint density at radius 2 is 2.09 bits per heavy atom. The summed E-state index contributed by atoms with van der Waals surface area (Å²) in [5.74, 6) is 0.332. The Morgan fingerprint density at radius 3 is 2.45 bits per heavy atom. The van der Waals surface area contributed by atoms with E-state index >= 15 is 0 Å². The van der Waals surface area contributed by atoms with E-state index in [4.69, 9.17) is 0 Å². The summed E-state index contributed by atoms with van der Waals surface area (Å²) >= 11 is 0. The number of rotatable bonds is 2. The Kier molecular flexibility index (Phi) is 2.17. The van der Waals surface area contributed by atoms with Crippen LogP contribution in [0.2, 0.25) is 0 Å². The zero-order chi connectivity index (χ0) is 8.43. The Balaban J connectivity index is 2.98. The van der Waals surface area contributed by atoms with Gasteiger partial charge in [0.1, 0.15) is 5.69 Å². The average molecular weight is 154 g/mol. The first kappa shape index (κ1) is 8.11. The highest BCUT2D eigenvalue weighted by atomic mass is 16.3. The standard InChI is InChI=1S/C8H14N2O/c1-4-5-10-7(3)8(11)6(2)9-10/h11H,4-5H2,1-3H3. The Hall–Kier alpha value is -0.990. The number of hydrogen-bond donors (Lipinski definition) is 1. The molecule has 0 aliphatic rings. The zero-order valence-electron chi connectivity index (χ0n) is 7.26. The molecule has 1 N–H and O–H groups in total. The maximum atomic E-state index is 9.37. The molecule has 1 aromatic heterocycles. The van der Waals surface area contributed by atoms with Crippen molar-refractivity contribution < 1.29 is 5.11 Å². The predicted molar refractivity (Wildman–Crippen MR) is 43.7 cm³/mol. The summed E-state index contributed by atoms with van der Waals surface area (Å²) in [6.45, 7) is 6.67. The van der Waals surface area contributed by atoms with Crippen molar-refractivity contribution in [3.63, 3.8) is 0 Å². The molecule has 0 saturated heterocycles. The molecule has 0 spiro atoms. The van der Waals surface area contributed by atoms with Gasteiger partial charge in [-0.25, -0.2) is 0 Å². The minimum atomic E-state index is 0.332. The second kappa shape index (κ2) is 2.95. The topological polar surface area (TPSA) is 38.0 Å². The van der Waals surface area contributed by atoms with Gasteiger partial charge in [-0.2, -0.15) is 5.10 Å². The van der Waals surface area contributed by atoms with Crippen LogP contribution in [0.15, 0.2) is 0 Å². The molecule has 1 rings (SSSR count). The van der Waals surface area contributed by atoms with Crippen molar-refractivity contribution in [3.05, 3.63) is 11.4 Å². The molecule has 0 saturated carbocycles. The average Bonchev–Trinajstić information content (AvgIpc) is 2.19. The molecule has 0 amide bonds. The molecule has 0 aromatic carbocycles. The van der Waals surface area contributed by atoms with Crippen molar-refractivity contribution in [3.8, 4) is 5.75 Å². The first-order valence-corrected chi connectivity index (χ1v) is 3.89. The van der Waals surface area contributed by atoms with E-state index in [1.165, 1.54) is 0 Å². The highest BCUT2D eigenvalue weighted by molar-refractivity contribution is 5.29. The minimum Gasteiger partial charge on any atom is -0.504 e. The largest absolute Gasteiger partial charge is 0.504 e. The van der Waals surface area contributed by atoms with Gasteiger partial charge in [0.2, 0.25) is 0 Å². The van der Waals surface area contributed by atoms with Gasteiger partial charge in [0.25, 0.3) is 0 Å². The van der Waals surface area contributed by atoms with Gasteiger partial charge in [0.05, 0.1) is 5.69 Å². The lowest BCUT2D eigenvalue weighted by Gasteiger charge is -1.99. The molecule has 3 heteroatoms. The smallest absolute Gasteiger partial charge is 0.159 e. The van der Waals surface area contributed by atoms with E-state index in [9.17, 15) is 5.11 Å². The molecule has 0 unspecified atom stereocenters. The van der Waals surface area contributed by atoms with Crippen LogP contribution in [0.1, 0.15) is 24.7 Å². The first-order valence-electron chi connectivity index (χ1n) is 3.89. The van der Waals surface area contributed by atoms with E-state index in [0.29, 0.717) is 5.75 Å². The molecule has 0 radical (unpaired) electrons.